The molecule has 0 aliphatic carbocycles. The fraction of sp³-hybridized carbons (Fsp3) is 0.273. The van der Waals surface area contributed by atoms with Crippen LogP contribution in [0.4, 0.5) is 5.13 Å². The number of ether oxygens (including phenoxy) is 2. The van der Waals surface area contributed by atoms with Crippen LogP contribution in [0.1, 0.15) is 30.6 Å². The summed E-state index contributed by atoms with van der Waals surface area (Å²) in [5, 5.41) is 14.9. The molecular weight excluding hydrogens is 496 g/mol. The maximum absolute atomic E-state index is 13.0. The van der Waals surface area contributed by atoms with Crippen molar-refractivity contribution in [2.45, 2.75) is 26.3 Å². The van der Waals surface area contributed by atoms with E-state index in [0.29, 0.717) is 33.6 Å². The van der Waals surface area contributed by atoms with Crippen molar-refractivity contribution < 1.29 is 19.1 Å². The van der Waals surface area contributed by atoms with Gasteiger partial charge in [0.2, 0.25) is 17.8 Å². The van der Waals surface area contributed by atoms with Crippen molar-refractivity contribution in [3.05, 3.63) is 52.5 Å². The Hall–Kier alpha value is -2.98. The van der Waals surface area contributed by atoms with Crippen LogP contribution in [-0.2, 0) is 4.79 Å². The van der Waals surface area contributed by atoms with Crippen LogP contribution in [-0.4, -0.2) is 34.8 Å². The first-order chi connectivity index (χ1) is 15.4. The van der Waals surface area contributed by atoms with Crippen molar-refractivity contribution >= 4 is 44.2 Å². The van der Waals surface area contributed by atoms with Gasteiger partial charge in [-0.25, -0.2) is 0 Å². The summed E-state index contributed by atoms with van der Waals surface area (Å²) in [5.74, 6) is 0.304. The number of halogens is 1. The van der Waals surface area contributed by atoms with Crippen molar-refractivity contribution in [3.8, 4) is 22.1 Å². The van der Waals surface area contributed by atoms with Crippen LogP contribution in [0.3, 0.4) is 0 Å². The average Bonchev–Trinajstić information content (AvgIpc) is 3.45. The van der Waals surface area contributed by atoms with Gasteiger partial charge in [-0.1, -0.05) is 59.7 Å². The van der Waals surface area contributed by atoms with Crippen molar-refractivity contribution in [1.29, 1.82) is 0 Å². The molecule has 2 N–H and O–H groups in total. The minimum atomic E-state index is -0.740. The number of carbonyl (C=O) groups is 2. The Bertz CT molecular complexity index is 1150. The molecule has 10 heteroatoms. The van der Waals surface area contributed by atoms with Gasteiger partial charge in [-0.2, -0.15) is 0 Å². The van der Waals surface area contributed by atoms with E-state index in [0.717, 1.165) is 10.0 Å². The first-order valence-electron chi connectivity index (χ1n) is 10.1. The Kier molecular flexibility index (Phi) is 6.71. The Labute approximate surface area is 197 Å². The molecule has 2 heterocycles. The maximum atomic E-state index is 13.0. The number of rotatable bonds is 7. The zero-order valence-electron chi connectivity index (χ0n) is 17.4. The van der Waals surface area contributed by atoms with E-state index < -0.39 is 6.04 Å². The van der Waals surface area contributed by atoms with E-state index in [-0.39, 0.29) is 24.5 Å². The average molecular weight is 517 g/mol. The minimum absolute atomic E-state index is 0.0922. The summed E-state index contributed by atoms with van der Waals surface area (Å²) < 4.78 is 11.5. The predicted molar refractivity (Wildman–Crippen MR) is 125 cm³/mol. The Morgan fingerprint density at radius 2 is 1.97 bits per heavy atom. The molecule has 2 aromatic carbocycles. The number of hydrogen-bond donors (Lipinski definition) is 2. The molecule has 2 amide bonds. The molecule has 166 valence electrons. The number of nitrogens with one attached hydrogen (secondary N) is 2. The van der Waals surface area contributed by atoms with E-state index in [9.17, 15) is 9.59 Å². The SMILES string of the molecule is CC[C@@H](C)[C@@H](NC(=O)c1ccc2c(c1)OCO2)C(=O)Nc1nnc(-c2cccc(Br)c2)s1. The molecule has 0 unspecified atom stereocenters. The van der Waals surface area contributed by atoms with Crippen molar-refractivity contribution in [2.24, 2.45) is 5.92 Å². The highest BCUT2D eigenvalue weighted by Gasteiger charge is 2.28. The lowest BCUT2D eigenvalue weighted by molar-refractivity contribution is -0.119. The molecule has 32 heavy (non-hydrogen) atoms. The Balaban J connectivity index is 1.47. The molecule has 0 spiro atoms. The fourth-order valence-corrected chi connectivity index (χ4v) is 4.30. The third kappa shape index (κ3) is 4.91. The van der Waals surface area contributed by atoms with E-state index in [1.807, 2.05) is 38.1 Å². The summed E-state index contributed by atoms with van der Waals surface area (Å²) in [4.78, 5) is 25.9. The van der Waals surface area contributed by atoms with Gasteiger partial charge in [0.25, 0.3) is 5.91 Å². The third-order valence-corrected chi connectivity index (χ3v) is 6.52. The summed E-state index contributed by atoms with van der Waals surface area (Å²) in [6.07, 6.45) is 0.707. The van der Waals surface area contributed by atoms with E-state index in [2.05, 4.69) is 36.8 Å². The molecule has 0 bridgehead atoms. The van der Waals surface area contributed by atoms with Gasteiger partial charge in [0.05, 0.1) is 0 Å². The molecule has 2 atom stereocenters. The molecule has 1 aliphatic heterocycles. The summed E-state index contributed by atoms with van der Waals surface area (Å²) in [6.45, 7) is 4.01. The quantitative estimate of drug-likeness (QED) is 0.479. The van der Waals surface area contributed by atoms with E-state index in [1.165, 1.54) is 11.3 Å². The molecule has 0 fully saturated rings. The van der Waals surface area contributed by atoms with E-state index in [1.54, 1.807) is 18.2 Å². The molecule has 8 nitrogen and oxygen atoms in total. The molecule has 0 radical (unpaired) electrons. The number of benzene rings is 2. The Morgan fingerprint density at radius 1 is 1.16 bits per heavy atom. The van der Waals surface area contributed by atoms with Gasteiger partial charge in [0, 0.05) is 15.6 Å². The highest BCUT2D eigenvalue weighted by atomic mass is 79.9. The van der Waals surface area contributed by atoms with Gasteiger partial charge < -0.3 is 14.8 Å². The largest absolute Gasteiger partial charge is 0.454 e. The lowest BCUT2D eigenvalue weighted by atomic mass is 9.98. The van der Waals surface area contributed by atoms with Crippen LogP contribution in [0.15, 0.2) is 46.9 Å². The molecule has 1 aromatic heterocycles. The number of hydrogen-bond acceptors (Lipinski definition) is 7. The molecule has 3 aromatic rings. The van der Waals surface area contributed by atoms with Gasteiger partial charge in [0.1, 0.15) is 11.0 Å². The van der Waals surface area contributed by atoms with Crippen LogP contribution in [0, 0.1) is 5.92 Å². The van der Waals surface area contributed by atoms with Crippen LogP contribution in [0.2, 0.25) is 0 Å². The fourth-order valence-electron chi connectivity index (χ4n) is 3.16. The first-order valence-corrected chi connectivity index (χ1v) is 11.7. The molecule has 1 aliphatic rings. The van der Waals surface area contributed by atoms with Crippen molar-refractivity contribution in [2.75, 3.05) is 12.1 Å². The number of carbonyl (C=O) groups excluding carboxylic acids is 2. The maximum Gasteiger partial charge on any atom is 0.252 e. The van der Waals surface area contributed by atoms with Gasteiger partial charge in [-0.15, -0.1) is 10.2 Å². The zero-order valence-corrected chi connectivity index (χ0v) is 19.8. The van der Waals surface area contributed by atoms with E-state index in [4.69, 9.17) is 9.47 Å². The van der Waals surface area contributed by atoms with Crippen LogP contribution in [0.5, 0.6) is 11.5 Å². The van der Waals surface area contributed by atoms with Crippen molar-refractivity contribution in [3.63, 3.8) is 0 Å². The highest BCUT2D eigenvalue weighted by molar-refractivity contribution is 9.10. The lowest BCUT2D eigenvalue weighted by Gasteiger charge is -2.23. The third-order valence-electron chi connectivity index (χ3n) is 5.14. The molecule has 4 rings (SSSR count). The lowest BCUT2D eigenvalue weighted by Crippen LogP contribution is -2.47. The molecule has 0 saturated carbocycles. The monoisotopic (exact) mass is 516 g/mol. The van der Waals surface area contributed by atoms with Crippen LogP contribution >= 0.6 is 27.3 Å². The normalized spacial score (nSPS) is 14.0. The van der Waals surface area contributed by atoms with Crippen LogP contribution < -0.4 is 20.1 Å². The Morgan fingerprint density at radius 3 is 2.75 bits per heavy atom. The second kappa shape index (κ2) is 9.66. The summed E-state index contributed by atoms with van der Waals surface area (Å²) >= 11 is 4.71. The number of aromatic nitrogens is 2. The number of nitrogens with zero attached hydrogens (tertiary/aromatic N) is 2. The second-order valence-electron chi connectivity index (χ2n) is 7.32. The van der Waals surface area contributed by atoms with E-state index >= 15 is 0 Å². The number of amides is 2. The van der Waals surface area contributed by atoms with Gasteiger partial charge in [-0.3, -0.25) is 14.9 Å². The summed E-state index contributed by atoms with van der Waals surface area (Å²) in [5.41, 5.74) is 1.29. The number of anilines is 1. The van der Waals surface area contributed by atoms with Crippen LogP contribution in [0.25, 0.3) is 10.6 Å². The topological polar surface area (TPSA) is 102 Å². The van der Waals surface area contributed by atoms with Gasteiger partial charge in [-0.05, 0) is 36.2 Å². The smallest absolute Gasteiger partial charge is 0.252 e. The molecule has 0 saturated heterocycles. The minimum Gasteiger partial charge on any atom is -0.454 e. The zero-order chi connectivity index (χ0) is 22.7. The van der Waals surface area contributed by atoms with Crippen molar-refractivity contribution in [1.82, 2.24) is 15.5 Å². The molecular formula is C22H21BrN4O4S. The van der Waals surface area contributed by atoms with Gasteiger partial charge >= 0.3 is 0 Å². The number of fused-ring (bicyclic) bond motifs is 1. The van der Waals surface area contributed by atoms with Gasteiger partial charge in [0.15, 0.2) is 11.5 Å². The summed E-state index contributed by atoms with van der Waals surface area (Å²) in [7, 11) is 0. The summed E-state index contributed by atoms with van der Waals surface area (Å²) in [6, 6.07) is 11.9. The highest BCUT2D eigenvalue weighted by Crippen LogP contribution is 2.32. The standard InChI is InChI=1S/C22H21BrN4O4S/c1-3-12(2)18(24-19(28)13-7-8-16-17(10-13)31-11-30-16)20(29)25-22-27-26-21(32-22)14-5-4-6-15(23)9-14/h4-10,12,18H,3,11H2,1-2H3,(H,24,28)(H,25,27,29)/t12-,18-/m1/s1. The first kappa shape index (κ1) is 22.2. The predicted octanol–water partition coefficient (Wildman–Crippen LogP) is 4.48. The second-order valence-corrected chi connectivity index (χ2v) is 9.21.